The number of aryl methyl sites for hydroxylation is 2. The van der Waals surface area contributed by atoms with Crippen LogP contribution in [0.3, 0.4) is 0 Å². The van der Waals surface area contributed by atoms with Crippen LogP contribution in [0.15, 0.2) is 12.1 Å². The summed E-state index contributed by atoms with van der Waals surface area (Å²) in [5.74, 6) is 1.36. The molecule has 0 spiro atoms. The molecule has 0 saturated carbocycles. The fourth-order valence-electron chi connectivity index (χ4n) is 3.93. The molecule has 0 aliphatic carbocycles. The Morgan fingerprint density at radius 1 is 1.16 bits per heavy atom. The molecule has 0 aromatic carbocycles. The summed E-state index contributed by atoms with van der Waals surface area (Å²) in [7, 11) is 1.81. The van der Waals surface area contributed by atoms with Crippen LogP contribution in [-0.2, 0) is 7.05 Å². The molecule has 4 heterocycles. The van der Waals surface area contributed by atoms with Gasteiger partial charge in [-0.25, -0.2) is 0 Å². The highest BCUT2D eigenvalue weighted by Crippen LogP contribution is 2.33. The predicted molar refractivity (Wildman–Crippen MR) is 92.3 cm³/mol. The minimum absolute atomic E-state index is 0.0186. The third kappa shape index (κ3) is 2.75. The maximum absolute atomic E-state index is 12.9. The van der Waals surface area contributed by atoms with E-state index in [1.54, 1.807) is 11.7 Å². The summed E-state index contributed by atoms with van der Waals surface area (Å²) in [5.41, 5.74) is 2.18. The number of piperidine rings is 1. The Hall–Kier alpha value is -2.51. The molecule has 1 amide bonds. The van der Waals surface area contributed by atoms with Crippen molar-refractivity contribution in [1.29, 1.82) is 0 Å². The second-order valence-corrected chi connectivity index (χ2v) is 7.05. The third-order valence-electron chi connectivity index (χ3n) is 5.46. The number of nitrogens with zero attached hydrogens (tertiary/aromatic N) is 7. The normalized spacial score (nSPS) is 23.0. The van der Waals surface area contributed by atoms with Crippen LogP contribution in [0.4, 0.5) is 5.82 Å². The van der Waals surface area contributed by atoms with Gasteiger partial charge in [0.25, 0.3) is 5.91 Å². The molecule has 8 heteroatoms. The molecule has 0 bridgehead atoms. The van der Waals surface area contributed by atoms with Crippen LogP contribution in [0.25, 0.3) is 0 Å². The SMILES string of the molecule is Cc1ccc(N2CCC[C@H]3CN(C(=O)c4nnn(C)c4C)C[C@H]32)nn1. The molecule has 2 saturated heterocycles. The van der Waals surface area contributed by atoms with E-state index in [9.17, 15) is 4.79 Å². The van der Waals surface area contributed by atoms with Crippen LogP contribution in [0.2, 0.25) is 0 Å². The Morgan fingerprint density at radius 2 is 2.00 bits per heavy atom. The van der Waals surface area contributed by atoms with E-state index in [2.05, 4.69) is 25.4 Å². The number of aromatic nitrogens is 5. The molecule has 132 valence electrons. The number of hydrogen-bond acceptors (Lipinski definition) is 6. The number of hydrogen-bond donors (Lipinski definition) is 0. The lowest BCUT2D eigenvalue weighted by Crippen LogP contribution is -2.46. The highest BCUT2D eigenvalue weighted by molar-refractivity contribution is 5.93. The summed E-state index contributed by atoms with van der Waals surface area (Å²) in [6, 6.07) is 4.32. The zero-order chi connectivity index (χ0) is 17.6. The van der Waals surface area contributed by atoms with Gasteiger partial charge < -0.3 is 9.80 Å². The molecule has 2 atom stereocenters. The van der Waals surface area contributed by atoms with Gasteiger partial charge in [0.15, 0.2) is 11.5 Å². The van der Waals surface area contributed by atoms with Crippen LogP contribution in [0.1, 0.15) is 34.7 Å². The summed E-state index contributed by atoms with van der Waals surface area (Å²) in [5, 5.41) is 16.6. The second kappa shape index (κ2) is 6.09. The van der Waals surface area contributed by atoms with Crippen LogP contribution < -0.4 is 4.90 Å². The Bertz CT molecular complexity index is 785. The zero-order valence-electron chi connectivity index (χ0n) is 14.9. The summed E-state index contributed by atoms with van der Waals surface area (Å²) in [6.07, 6.45) is 2.26. The largest absolute Gasteiger partial charge is 0.350 e. The average Bonchev–Trinajstić information content (AvgIpc) is 3.19. The Labute approximate surface area is 146 Å². The van der Waals surface area contributed by atoms with Crippen molar-refractivity contribution in [1.82, 2.24) is 30.1 Å². The first-order chi connectivity index (χ1) is 12.0. The fourth-order valence-corrected chi connectivity index (χ4v) is 3.93. The fraction of sp³-hybridized carbons (Fsp3) is 0.588. The molecule has 0 N–H and O–H groups in total. The summed E-state index contributed by atoms with van der Waals surface area (Å²) in [4.78, 5) is 17.1. The van der Waals surface area contributed by atoms with Crippen molar-refractivity contribution in [2.24, 2.45) is 13.0 Å². The van der Waals surface area contributed by atoms with E-state index >= 15 is 0 Å². The lowest BCUT2D eigenvalue weighted by molar-refractivity contribution is 0.0779. The number of fused-ring (bicyclic) bond motifs is 1. The van der Waals surface area contributed by atoms with E-state index in [0.717, 1.165) is 43.1 Å². The lowest BCUT2D eigenvalue weighted by atomic mass is 9.92. The monoisotopic (exact) mass is 341 g/mol. The molecule has 8 nitrogen and oxygen atoms in total. The smallest absolute Gasteiger partial charge is 0.276 e. The first kappa shape index (κ1) is 16.0. The van der Waals surface area contributed by atoms with Crippen LogP contribution in [0.5, 0.6) is 0 Å². The highest BCUT2D eigenvalue weighted by Gasteiger charge is 2.42. The van der Waals surface area contributed by atoms with Crippen molar-refractivity contribution in [3.05, 3.63) is 29.2 Å². The molecule has 0 radical (unpaired) electrons. The van der Waals surface area contributed by atoms with Crippen molar-refractivity contribution in [3.8, 4) is 0 Å². The molecule has 25 heavy (non-hydrogen) atoms. The van der Waals surface area contributed by atoms with Gasteiger partial charge in [-0.15, -0.1) is 10.2 Å². The van der Waals surface area contributed by atoms with Gasteiger partial charge in [0.2, 0.25) is 0 Å². The van der Waals surface area contributed by atoms with Gasteiger partial charge in [0.1, 0.15) is 0 Å². The summed E-state index contributed by atoms with van der Waals surface area (Å²) < 4.78 is 1.64. The molecule has 2 aromatic heterocycles. The standard InChI is InChI=1S/C17H23N7O/c1-11-6-7-15(19-18-11)24-8-4-5-13-9-23(10-14(13)24)17(25)16-12(2)22(3)21-20-16/h6-7,13-14H,4-5,8-10H2,1-3H3/t13-,14+/m0/s1. The van der Waals surface area contributed by atoms with Gasteiger partial charge in [0, 0.05) is 26.7 Å². The highest BCUT2D eigenvalue weighted by atomic mass is 16.2. The molecule has 2 fully saturated rings. The van der Waals surface area contributed by atoms with E-state index in [1.165, 1.54) is 0 Å². The van der Waals surface area contributed by atoms with E-state index < -0.39 is 0 Å². The molecule has 2 aromatic rings. The van der Waals surface area contributed by atoms with Gasteiger partial charge >= 0.3 is 0 Å². The minimum atomic E-state index is -0.0186. The van der Waals surface area contributed by atoms with E-state index in [1.807, 2.05) is 30.9 Å². The molecular formula is C17H23N7O. The maximum atomic E-state index is 12.9. The first-order valence-electron chi connectivity index (χ1n) is 8.77. The molecule has 0 unspecified atom stereocenters. The summed E-state index contributed by atoms with van der Waals surface area (Å²) >= 11 is 0. The second-order valence-electron chi connectivity index (χ2n) is 7.05. The third-order valence-corrected chi connectivity index (χ3v) is 5.46. The van der Waals surface area contributed by atoms with Gasteiger partial charge in [0.05, 0.1) is 17.4 Å². The number of carbonyl (C=O) groups is 1. The number of carbonyl (C=O) groups excluding carboxylic acids is 1. The van der Waals surface area contributed by atoms with Crippen LogP contribution in [0, 0.1) is 19.8 Å². The topological polar surface area (TPSA) is 80.0 Å². The quantitative estimate of drug-likeness (QED) is 0.809. The number of rotatable bonds is 2. The van der Waals surface area contributed by atoms with Crippen LogP contribution >= 0.6 is 0 Å². The minimum Gasteiger partial charge on any atom is -0.350 e. The molecular weight excluding hydrogens is 318 g/mol. The van der Waals surface area contributed by atoms with E-state index in [-0.39, 0.29) is 5.91 Å². The Balaban J connectivity index is 1.55. The number of amides is 1. The Kier molecular flexibility index (Phi) is 3.89. The average molecular weight is 341 g/mol. The zero-order valence-corrected chi connectivity index (χ0v) is 14.9. The maximum Gasteiger partial charge on any atom is 0.276 e. The molecule has 2 aliphatic rings. The van der Waals surface area contributed by atoms with E-state index in [0.29, 0.717) is 24.2 Å². The van der Waals surface area contributed by atoms with Crippen molar-refractivity contribution in [2.75, 3.05) is 24.5 Å². The number of likely N-dealkylation sites (tertiary alicyclic amines) is 1. The van der Waals surface area contributed by atoms with Crippen molar-refractivity contribution in [3.63, 3.8) is 0 Å². The van der Waals surface area contributed by atoms with Crippen molar-refractivity contribution in [2.45, 2.75) is 32.7 Å². The lowest BCUT2D eigenvalue weighted by Gasteiger charge is -2.37. The molecule has 4 rings (SSSR count). The van der Waals surface area contributed by atoms with Crippen molar-refractivity contribution >= 4 is 11.7 Å². The summed E-state index contributed by atoms with van der Waals surface area (Å²) in [6.45, 7) is 6.26. The Morgan fingerprint density at radius 3 is 2.68 bits per heavy atom. The van der Waals surface area contributed by atoms with Crippen molar-refractivity contribution < 1.29 is 4.79 Å². The molecule has 2 aliphatic heterocycles. The van der Waals surface area contributed by atoms with Gasteiger partial charge in [-0.1, -0.05) is 5.21 Å². The predicted octanol–water partition coefficient (Wildman–Crippen LogP) is 0.963. The van der Waals surface area contributed by atoms with Gasteiger partial charge in [-0.2, -0.15) is 5.10 Å². The first-order valence-corrected chi connectivity index (χ1v) is 8.77. The number of anilines is 1. The van der Waals surface area contributed by atoms with Gasteiger partial charge in [-0.3, -0.25) is 9.48 Å². The van der Waals surface area contributed by atoms with Gasteiger partial charge in [-0.05, 0) is 44.7 Å². The van der Waals surface area contributed by atoms with Crippen LogP contribution in [-0.4, -0.2) is 61.7 Å². The van der Waals surface area contributed by atoms with E-state index in [4.69, 9.17) is 0 Å².